The molecule has 24 heavy (non-hydrogen) atoms. The number of nitrogens with zero attached hydrogens (tertiary/aromatic N) is 3. The number of rotatable bonds is 5. The summed E-state index contributed by atoms with van der Waals surface area (Å²) in [7, 11) is 1.83. The second-order valence-corrected chi connectivity index (χ2v) is 8.68. The van der Waals surface area contributed by atoms with E-state index in [2.05, 4.69) is 20.2 Å². The Kier molecular flexibility index (Phi) is 5.20. The SMILES string of the molecule is COCC1CC2(CCN(C3CCOC3)CC2)CN1Cc1nccs1. The minimum Gasteiger partial charge on any atom is -0.383 e. The Labute approximate surface area is 148 Å². The normalized spacial score (nSPS) is 31.2. The van der Waals surface area contributed by atoms with Crippen LogP contribution in [0.5, 0.6) is 0 Å². The van der Waals surface area contributed by atoms with Crippen molar-refractivity contribution in [3.8, 4) is 0 Å². The first-order valence-electron chi connectivity index (χ1n) is 9.21. The van der Waals surface area contributed by atoms with E-state index in [1.807, 2.05) is 13.3 Å². The monoisotopic (exact) mass is 351 g/mol. The van der Waals surface area contributed by atoms with Crippen LogP contribution in [0.4, 0.5) is 0 Å². The Morgan fingerprint density at radius 1 is 1.42 bits per heavy atom. The van der Waals surface area contributed by atoms with Gasteiger partial charge >= 0.3 is 0 Å². The third-order valence-corrected chi connectivity index (χ3v) is 6.95. The van der Waals surface area contributed by atoms with Gasteiger partial charge in [0.2, 0.25) is 0 Å². The molecule has 0 N–H and O–H groups in total. The average Bonchev–Trinajstić information content (AvgIpc) is 3.32. The van der Waals surface area contributed by atoms with E-state index in [1.165, 1.54) is 50.3 Å². The fourth-order valence-corrected chi connectivity index (χ4v) is 5.48. The van der Waals surface area contributed by atoms with Crippen molar-refractivity contribution >= 4 is 11.3 Å². The molecule has 2 unspecified atom stereocenters. The van der Waals surface area contributed by atoms with Gasteiger partial charge in [-0.1, -0.05) is 0 Å². The summed E-state index contributed by atoms with van der Waals surface area (Å²) in [6.45, 7) is 7.38. The standard InChI is InChI=1S/C18H29N3O2S/c1-22-12-16-10-18(14-21(16)11-17-19-5-9-24-17)3-6-20(7-4-18)15-2-8-23-13-15/h5,9,15-16H,2-4,6-8,10-14H2,1H3. The molecule has 4 heterocycles. The highest BCUT2D eigenvalue weighted by Crippen LogP contribution is 2.44. The Balaban J connectivity index is 1.38. The minimum atomic E-state index is 0.483. The molecule has 0 aliphatic carbocycles. The summed E-state index contributed by atoms with van der Waals surface area (Å²) in [4.78, 5) is 9.78. The molecule has 5 nitrogen and oxygen atoms in total. The Morgan fingerprint density at radius 3 is 2.96 bits per heavy atom. The number of hydrogen-bond acceptors (Lipinski definition) is 6. The Hall–Kier alpha value is -0.530. The molecule has 1 aromatic rings. The largest absolute Gasteiger partial charge is 0.383 e. The van der Waals surface area contributed by atoms with Crippen LogP contribution in [-0.2, 0) is 16.0 Å². The van der Waals surface area contributed by atoms with Gasteiger partial charge in [0.1, 0.15) is 5.01 Å². The van der Waals surface area contributed by atoms with E-state index in [4.69, 9.17) is 9.47 Å². The highest BCUT2D eigenvalue weighted by atomic mass is 32.1. The molecule has 0 radical (unpaired) electrons. The highest BCUT2D eigenvalue weighted by molar-refractivity contribution is 7.09. The van der Waals surface area contributed by atoms with Gasteiger partial charge in [-0.05, 0) is 44.2 Å². The first kappa shape index (κ1) is 16.9. The van der Waals surface area contributed by atoms with Crippen LogP contribution in [0.3, 0.4) is 0 Å². The van der Waals surface area contributed by atoms with E-state index in [-0.39, 0.29) is 0 Å². The fourth-order valence-electron chi connectivity index (χ4n) is 4.84. The maximum Gasteiger partial charge on any atom is 0.107 e. The van der Waals surface area contributed by atoms with Gasteiger partial charge in [0, 0.05) is 43.9 Å². The molecule has 6 heteroatoms. The molecule has 3 fully saturated rings. The van der Waals surface area contributed by atoms with Crippen molar-refractivity contribution in [1.82, 2.24) is 14.8 Å². The summed E-state index contributed by atoms with van der Waals surface area (Å²) < 4.78 is 11.1. The minimum absolute atomic E-state index is 0.483. The van der Waals surface area contributed by atoms with Crippen LogP contribution < -0.4 is 0 Å². The third-order valence-electron chi connectivity index (χ3n) is 6.19. The van der Waals surface area contributed by atoms with Gasteiger partial charge in [0.15, 0.2) is 0 Å². The van der Waals surface area contributed by atoms with Gasteiger partial charge in [-0.2, -0.15) is 0 Å². The van der Waals surface area contributed by atoms with Crippen molar-refractivity contribution in [3.63, 3.8) is 0 Å². The lowest BCUT2D eigenvalue weighted by molar-refractivity contribution is 0.0678. The van der Waals surface area contributed by atoms with Gasteiger partial charge in [-0.3, -0.25) is 9.80 Å². The quantitative estimate of drug-likeness (QED) is 0.813. The molecule has 1 aromatic heterocycles. The molecule has 0 saturated carbocycles. The van der Waals surface area contributed by atoms with Gasteiger partial charge in [-0.25, -0.2) is 4.98 Å². The predicted molar refractivity (Wildman–Crippen MR) is 95.3 cm³/mol. The maximum atomic E-state index is 5.58. The van der Waals surface area contributed by atoms with Crippen LogP contribution in [-0.4, -0.2) is 73.4 Å². The lowest BCUT2D eigenvalue weighted by Gasteiger charge is -2.41. The summed E-state index contributed by atoms with van der Waals surface area (Å²) in [5.41, 5.74) is 0.483. The number of methoxy groups -OCH3 is 1. The number of ether oxygens (including phenoxy) is 2. The molecule has 3 aliphatic heterocycles. The number of thiazole rings is 1. The average molecular weight is 352 g/mol. The van der Waals surface area contributed by atoms with Crippen molar-refractivity contribution in [2.75, 3.05) is 46.6 Å². The van der Waals surface area contributed by atoms with E-state index in [0.717, 1.165) is 26.4 Å². The zero-order valence-electron chi connectivity index (χ0n) is 14.7. The summed E-state index contributed by atoms with van der Waals surface area (Å²) in [6, 6.07) is 1.21. The molecule has 0 amide bonds. The second-order valence-electron chi connectivity index (χ2n) is 7.70. The van der Waals surface area contributed by atoms with Gasteiger partial charge in [0.05, 0.1) is 19.8 Å². The molecule has 0 bridgehead atoms. The smallest absolute Gasteiger partial charge is 0.107 e. The lowest BCUT2D eigenvalue weighted by Crippen LogP contribution is -2.46. The van der Waals surface area contributed by atoms with Crippen molar-refractivity contribution in [2.24, 2.45) is 5.41 Å². The predicted octanol–water partition coefficient (Wildman–Crippen LogP) is 2.23. The molecule has 4 rings (SSSR count). The number of hydrogen-bond donors (Lipinski definition) is 0. The van der Waals surface area contributed by atoms with E-state index in [9.17, 15) is 0 Å². The van der Waals surface area contributed by atoms with Crippen LogP contribution in [0, 0.1) is 5.41 Å². The molecule has 1 spiro atoms. The number of piperidine rings is 1. The topological polar surface area (TPSA) is 37.8 Å². The zero-order valence-corrected chi connectivity index (χ0v) is 15.5. The summed E-state index contributed by atoms with van der Waals surface area (Å²) in [6.07, 6.45) is 7.05. The molecule has 2 atom stereocenters. The molecular formula is C18H29N3O2S. The van der Waals surface area contributed by atoms with Gasteiger partial charge in [0.25, 0.3) is 0 Å². The second kappa shape index (κ2) is 7.38. The zero-order chi connectivity index (χ0) is 16.4. The number of likely N-dealkylation sites (tertiary alicyclic amines) is 2. The molecule has 0 aromatic carbocycles. The summed E-state index contributed by atoms with van der Waals surface area (Å²) in [5, 5.41) is 3.31. The molecule has 134 valence electrons. The van der Waals surface area contributed by atoms with Gasteiger partial charge in [-0.15, -0.1) is 11.3 Å². The van der Waals surface area contributed by atoms with Crippen molar-refractivity contribution < 1.29 is 9.47 Å². The third kappa shape index (κ3) is 3.53. The van der Waals surface area contributed by atoms with Crippen molar-refractivity contribution in [1.29, 1.82) is 0 Å². The van der Waals surface area contributed by atoms with Crippen molar-refractivity contribution in [3.05, 3.63) is 16.6 Å². The first-order chi connectivity index (χ1) is 11.8. The van der Waals surface area contributed by atoms with E-state index in [0.29, 0.717) is 17.5 Å². The fraction of sp³-hybridized carbons (Fsp3) is 0.833. The van der Waals surface area contributed by atoms with E-state index >= 15 is 0 Å². The van der Waals surface area contributed by atoms with Gasteiger partial charge < -0.3 is 9.47 Å². The maximum absolute atomic E-state index is 5.58. The molecule has 3 aliphatic rings. The van der Waals surface area contributed by atoms with Crippen LogP contribution in [0.15, 0.2) is 11.6 Å². The van der Waals surface area contributed by atoms with Crippen molar-refractivity contribution in [2.45, 2.75) is 44.3 Å². The summed E-state index contributed by atoms with van der Waals surface area (Å²) >= 11 is 1.77. The van der Waals surface area contributed by atoms with E-state index < -0.39 is 0 Å². The van der Waals surface area contributed by atoms with Crippen LogP contribution in [0.1, 0.15) is 30.7 Å². The van der Waals surface area contributed by atoms with E-state index in [1.54, 1.807) is 11.3 Å². The highest BCUT2D eigenvalue weighted by Gasteiger charge is 2.46. The lowest BCUT2D eigenvalue weighted by atomic mass is 9.76. The first-order valence-corrected chi connectivity index (χ1v) is 10.1. The summed E-state index contributed by atoms with van der Waals surface area (Å²) in [5.74, 6) is 0. The molecule has 3 saturated heterocycles. The Bertz CT molecular complexity index is 510. The van der Waals surface area contributed by atoms with Crippen LogP contribution in [0.2, 0.25) is 0 Å². The van der Waals surface area contributed by atoms with Crippen LogP contribution in [0.25, 0.3) is 0 Å². The molecular weight excluding hydrogens is 322 g/mol. The Morgan fingerprint density at radius 2 is 2.29 bits per heavy atom. The van der Waals surface area contributed by atoms with Crippen LogP contribution >= 0.6 is 11.3 Å². The number of aromatic nitrogens is 1.